The Morgan fingerprint density at radius 3 is 2.50 bits per heavy atom. The molecule has 0 spiro atoms. The third-order valence-electron chi connectivity index (χ3n) is 3.91. The van der Waals surface area contributed by atoms with E-state index in [1.165, 1.54) is 44.5 Å². The quantitative estimate of drug-likeness (QED) is 0.858. The van der Waals surface area contributed by atoms with Crippen LogP contribution in [0.5, 0.6) is 0 Å². The fourth-order valence-electron chi connectivity index (χ4n) is 2.83. The first-order chi connectivity index (χ1) is 8.79. The molecular weight excluding hydrogens is 220 g/mol. The van der Waals surface area contributed by atoms with E-state index in [2.05, 4.69) is 54.4 Å². The van der Waals surface area contributed by atoms with Crippen LogP contribution in [0.15, 0.2) is 30.3 Å². The zero-order valence-electron chi connectivity index (χ0n) is 11.7. The van der Waals surface area contributed by atoms with Crippen LogP contribution in [-0.2, 0) is 0 Å². The molecular formula is C16H26N2. The van der Waals surface area contributed by atoms with E-state index in [0.717, 1.165) is 0 Å². The second-order valence-corrected chi connectivity index (χ2v) is 5.41. The molecule has 1 N–H and O–H groups in total. The lowest BCUT2D eigenvalue weighted by atomic mass is 10.0. The van der Waals surface area contributed by atoms with E-state index in [-0.39, 0.29) is 0 Å². The Balaban J connectivity index is 1.78. The molecule has 0 bridgehead atoms. The van der Waals surface area contributed by atoms with E-state index in [0.29, 0.717) is 12.1 Å². The summed E-state index contributed by atoms with van der Waals surface area (Å²) in [6.45, 7) is 8.32. The van der Waals surface area contributed by atoms with Crippen molar-refractivity contribution in [2.75, 3.05) is 19.6 Å². The van der Waals surface area contributed by atoms with Crippen LogP contribution in [0.3, 0.4) is 0 Å². The molecule has 0 aromatic heterocycles. The van der Waals surface area contributed by atoms with Crippen LogP contribution in [-0.4, -0.2) is 30.6 Å². The topological polar surface area (TPSA) is 15.3 Å². The first kappa shape index (κ1) is 13.6. The predicted octanol–water partition coefficient (Wildman–Crippen LogP) is 3.21. The highest BCUT2D eigenvalue weighted by molar-refractivity contribution is 5.18. The van der Waals surface area contributed by atoms with Crippen molar-refractivity contribution in [3.63, 3.8) is 0 Å². The smallest absolute Gasteiger partial charge is 0.0294 e. The SMILES string of the molecule is CCCN1CCC(NC(C)c2ccccc2)CC1. The maximum atomic E-state index is 3.77. The van der Waals surface area contributed by atoms with Crippen LogP contribution >= 0.6 is 0 Å². The third kappa shape index (κ3) is 3.82. The molecule has 2 rings (SSSR count). The zero-order chi connectivity index (χ0) is 12.8. The predicted molar refractivity (Wildman–Crippen MR) is 77.7 cm³/mol. The molecule has 1 saturated heterocycles. The molecule has 100 valence electrons. The number of nitrogens with one attached hydrogen (secondary N) is 1. The Bertz CT molecular complexity index is 328. The molecule has 2 nitrogen and oxygen atoms in total. The third-order valence-corrected chi connectivity index (χ3v) is 3.91. The summed E-state index contributed by atoms with van der Waals surface area (Å²) >= 11 is 0. The van der Waals surface area contributed by atoms with Gasteiger partial charge in [-0.15, -0.1) is 0 Å². The molecule has 18 heavy (non-hydrogen) atoms. The number of rotatable bonds is 5. The second kappa shape index (κ2) is 6.91. The molecule has 1 atom stereocenters. The lowest BCUT2D eigenvalue weighted by molar-refractivity contribution is 0.192. The number of hydrogen-bond acceptors (Lipinski definition) is 2. The Hall–Kier alpha value is -0.860. The van der Waals surface area contributed by atoms with Gasteiger partial charge < -0.3 is 10.2 Å². The molecule has 0 saturated carbocycles. The Kier molecular flexibility index (Phi) is 5.21. The van der Waals surface area contributed by atoms with Crippen LogP contribution in [0.2, 0.25) is 0 Å². The van der Waals surface area contributed by atoms with Gasteiger partial charge in [-0.25, -0.2) is 0 Å². The molecule has 1 heterocycles. The van der Waals surface area contributed by atoms with Crippen molar-refractivity contribution in [1.82, 2.24) is 10.2 Å². The first-order valence-corrected chi connectivity index (χ1v) is 7.33. The number of hydrogen-bond donors (Lipinski definition) is 1. The van der Waals surface area contributed by atoms with Gasteiger partial charge >= 0.3 is 0 Å². The number of benzene rings is 1. The summed E-state index contributed by atoms with van der Waals surface area (Å²) in [4.78, 5) is 2.59. The summed E-state index contributed by atoms with van der Waals surface area (Å²) in [6.07, 6.45) is 3.85. The Labute approximate surface area is 111 Å². The first-order valence-electron chi connectivity index (χ1n) is 7.33. The van der Waals surface area contributed by atoms with E-state index in [4.69, 9.17) is 0 Å². The summed E-state index contributed by atoms with van der Waals surface area (Å²) in [5, 5.41) is 3.77. The number of piperidine rings is 1. The van der Waals surface area contributed by atoms with Gasteiger partial charge in [0.25, 0.3) is 0 Å². The van der Waals surface area contributed by atoms with Crippen LogP contribution < -0.4 is 5.32 Å². The fraction of sp³-hybridized carbons (Fsp3) is 0.625. The van der Waals surface area contributed by atoms with E-state index >= 15 is 0 Å². The average molecular weight is 246 g/mol. The van der Waals surface area contributed by atoms with Gasteiger partial charge in [0.1, 0.15) is 0 Å². The minimum absolute atomic E-state index is 0.467. The van der Waals surface area contributed by atoms with Crippen molar-refractivity contribution >= 4 is 0 Å². The van der Waals surface area contributed by atoms with Gasteiger partial charge in [0.2, 0.25) is 0 Å². The van der Waals surface area contributed by atoms with Gasteiger partial charge in [-0.3, -0.25) is 0 Å². The van der Waals surface area contributed by atoms with Gasteiger partial charge in [-0.05, 0) is 51.4 Å². The molecule has 1 aliphatic heterocycles. The summed E-state index contributed by atoms with van der Waals surface area (Å²) in [7, 11) is 0. The normalized spacial score (nSPS) is 19.9. The minimum Gasteiger partial charge on any atom is -0.307 e. The molecule has 1 aromatic carbocycles. The van der Waals surface area contributed by atoms with Crippen molar-refractivity contribution in [2.24, 2.45) is 0 Å². The van der Waals surface area contributed by atoms with E-state index in [1.807, 2.05) is 0 Å². The molecule has 2 heteroatoms. The van der Waals surface area contributed by atoms with Crippen LogP contribution in [0.25, 0.3) is 0 Å². The van der Waals surface area contributed by atoms with Crippen molar-refractivity contribution in [1.29, 1.82) is 0 Å². The standard InChI is InChI=1S/C16H26N2/c1-3-11-18-12-9-16(10-13-18)17-14(2)15-7-5-4-6-8-15/h4-8,14,16-17H,3,9-13H2,1-2H3. The van der Waals surface area contributed by atoms with E-state index < -0.39 is 0 Å². The van der Waals surface area contributed by atoms with Crippen LogP contribution in [0, 0.1) is 0 Å². The van der Waals surface area contributed by atoms with Gasteiger partial charge in [0, 0.05) is 12.1 Å². The molecule has 0 radical (unpaired) electrons. The van der Waals surface area contributed by atoms with Crippen molar-refractivity contribution in [3.8, 4) is 0 Å². The molecule has 0 amide bonds. The Morgan fingerprint density at radius 2 is 1.89 bits per heavy atom. The largest absolute Gasteiger partial charge is 0.307 e. The average Bonchev–Trinajstić information content (AvgIpc) is 2.42. The van der Waals surface area contributed by atoms with Gasteiger partial charge in [0.05, 0.1) is 0 Å². The number of nitrogens with zero attached hydrogens (tertiary/aromatic N) is 1. The van der Waals surface area contributed by atoms with E-state index in [9.17, 15) is 0 Å². The van der Waals surface area contributed by atoms with Crippen molar-refractivity contribution in [2.45, 2.75) is 45.2 Å². The summed E-state index contributed by atoms with van der Waals surface area (Å²) in [6, 6.07) is 11.9. The Morgan fingerprint density at radius 1 is 1.22 bits per heavy atom. The van der Waals surface area contributed by atoms with Crippen molar-refractivity contribution < 1.29 is 0 Å². The highest BCUT2D eigenvalue weighted by Crippen LogP contribution is 2.17. The van der Waals surface area contributed by atoms with Gasteiger partial charge in [0.15, 0.2) is 0 Å². The van der Waals surface area contributed by atoms with E-state index in [1.54, 1.807) is 0 Å². The minimum atomic E-state index is 0.467. The molecule has 1 aromatic rings. The summed E-state index contributed by atoms with van der Waals surface area (Å²) in [5.74, 6) is 0. The monoisotopic (exact) mass is 246 g/mol. The zero-order valence-corrected chi connectivity index (χ0v) is 11.7. The molecule has 1 fully saturated rings. The summed E-state index contributed by atoms with van der Waals surface area (Å²) in [5.41, 5.74) is 1.40. The maximum absolute atomic E-state index is 3.77. The van der Waals surface area contributed by atoms with Crippen molar-refractivity contribution in [3.05, 3.63) is 35.9 Å². The highest BCUT2D eigenvalue weighted by Gasteiger charge is 2.19. The molecule has 1 aliphatic rings. The maximum Gasteiger partial charge on any atom is 0.0294 e. The lowest BCUT2D eigenvalue weighted by Crippen LogP contribution is -2.43. The molecule has 1 unspecified atom stereocenters. The summed E-state index contributed by atoms with van der Waals surface area (Å²) < 4.78 is 0. The van der Waals surface area contributed by atoms with Gasteiger partial charge in [-0.2, -0.15) is 0 Å². The lowest BCUT2D eigenvalue weighted by Gasteiger charge is -2.33. The fourth-order valence-corrected chi connectivity index (χ4v) is 2.83. The molecule has 0 aliphatic carbocycles. The van der Waals surface area contributed by atoms with Crippen LogP contribution in [0.4, 0.5) is 0 Å². The highest BCUT2D eigenvalue weighted by atomic mass is 15.1. The van der Waals surface area contributed by atoms with Gasteiger partial charge in [-0.1, -0.05) is 37.3 Å². The van der Waals surface area contributed by atoms with Crippen LogP contribution in [0.1, 0.15) is 44.7 Å². The number of likely N-dealkylation sites (tertiary alicyclic amines) is 1. The second-order valence-electron chi connectivity index (χ2n) is 5.41.